The topological polar surface area (TPSA) is 57.5 Å². The molecule has 33 heavy (non-hydrogen) atoms. The molecule has 0 heterocycles. The fraction of sp³-hybridized carbons (Fsp3) is 0.900. The molecular weight excluding hydrogens is 408 g/mol. The number of allylic oxidation sites excluding steroid dienone is 1. The first-order valence-electron chi connectivity index (χ1n) is 13.8. The lowest BCUT2D eigenvalue weighted by Crippen LogP contribution is -2.63. The van der Waals surface area contributed by atoms with Crippen LogP contribution in [0.25, 0.3) is 0 Å². The molecular formula is C30H50O3. The minimum absolute atomic E-state index is 0.105. The van der Waals surface area contributed by atoms with Gasteiger partial charge in [0.05, 0.1) is 12.2 Å². The van der Waals surface area contributed by atoms with E-state index in [2.05, 4.69) is 47.6 Å². The summed E-state index contributed by atoms with van der Waals surface area (Å²) in [5.74, 6) is 2.60. The standard InChI is InChI=1S/C30H50O3/c1-20(19-31)9-8-15-30(7,33)22-12-17-28(5)21(22)10-11-24-27(4)16-14-25(32)26(2,3)23(27)13-18-29(24,28)6/h9,21-24,31,33H,8,10-19H2,1-7H3/b20-9+/t21-,22+,23+,24-,27+,28-,29-,30+/m1/s1. The predicted molar refractivity (Wildman–Crippen MR) is 135 cm³/mol. The van der Waals surface area contributed by atoms with E-state index >= 15 is 0 Å². The molecule has 0 aromatic carbocycles. The lowest BCUT2D eigenvalue weighted by atomic mass is 9.35. The van der Waals surface area contributed by atoms with Crippen molar-refractivity contribution in [2.24, 2.45) is 45.3 Å². The normalized spacial score (nSPS) is 46.8. The van der Waals surface area contributed by atoms with Gasteiger partial charge in [0, 0.05) is 11.8 Å². The Morgan fingerprint density at radius 1 is 1.00 bits per heavy atom. The molecule has 3 heteroatoms. The number of hydrogen-bond donors (Lipinski definition) is 2. The molecule has 3 nitrogen and oxygen atoms in total. The Morgan fingerprint density at radius 2 is 1.67 bits per heavy atom. The summed E-state index contributed by atoms with van der Waals surface area (Å²) in [6, 6.07) is 0. The van der Waals surface area contributed by atoms with E-state index in [1.54, 1.807) is 0 Å². The van der Waals surface area contributed by atoms with Gasteiger partial charge in [0.1, 0.15) is 5.78 Å². The van der Waals surface area contributed by atoms with Gasteiger partial charge in [-0.3, -0.25) is 4.79 Å². The van der Waals surface area contributed by atoms with E-state index in [1.807, 2.05) is 6.92 Å². The maximum atomic E-state index is 12.9. The minimum atomic E-state index is -0.655. The van der Waals surface area contributed by atoms with E-state index in [9.17, 15) is 15.0 Å². The lowest BCUT2D eigenvalue weighted by Gasteiger charge is -2.69. The third kappa shape index (κ3) is 3.62. The van der Waals surface area contributed by atoms with Crippen LogP contribution in [0.15, 0.2) is 11.6 Å². The van der Waals surface area contributed by atoms with Gasteiger partial charge in [0.25, 0.3) is 0 Å². The summed E-state index contributed by atoms with van der Waals surface area (Å²) in [6.07, 6.45) is 12.8. The number of aliphatic hydroxyl groups excluding tert-OH is 1. The molecule has 2 N–H and O–H groups in total. The van der Waals surface area contributed by atoms with Crippen LogP contribution in [0.2, 0.25) is 0 Å². The number of ketones is 1. The summed E-state index contributed by atoms with van der Waals surface area (Å²) in [6.45, 7) is 16.3. The van der Waals surface area contributed by atoms with Crippen molar-refractivity contribution in [2.75, 3.05) is 6.61 Å². The van der Waals surface area contributed by atoms with Crippen molar-refractivity contribution in [3.8, 4) is 0 Å². The number of fused-ring (bicyclic) bond motifs is 5. The van der Waals surface area contributed by atoms with Crippen molar-refractivity contribution < 1.29 is 15.0 Å². The van der Waals surface area contributed by atoms with E-state index < -0.39 is 5.60 Å². The van der Waals surface area contributed by atoms with Gasteiger partial charge >= 0.3 is 0 Å². The van der Waals surface area contributed by atoms with Crippen molar-refractivity contribution >= 4 is 5.78 Å². The highest BCUT2D eigenvalue weighted by Crippen LogP contribution is 2.75. The predicted octanol–water partition coefficient (Wildman–Crippen LogP) is 6.71. The second-order valence-corrected chi connectivity index (χ2v) is 14.1. The van der Waals surface area contributed by atoms with Gasteiger partial charge in [0.15, 0.2) is 0 Å². The zero-order chi connectivity index (χ0) is 24.4. The summed E-state index contributed by atoms with van der Waals surface area (Å²) >= 11 is 0. The molecule has 0 amide bonds. The third-order valence-electron chi connectivity index (χ3n) is 12.3. The van der Waals surface area contributed by atoms with E-state index in [0.29, 0.717) is 29.5 Å². The first-order chi connectivity index (χ1) is 15.2. The van der Waals surface area contributed by atoms with Gasteiger partial charge in [-0.2, -0.15) is 0 Å². The Bertz CT molecular complexity index is 809. The molecule has 4 saturated carbocycles. The summed E-state index contributed by atoms with van der Waals surface area (Å²) in [5, 5.41) is 20.9. The number of carbonyl (C=O) groups is 1. The van der Waals surface area contributed by atoms with Gasteiger partial charge in [-0.1, -0.05) is 46.3 Å². The third-order valence-corrected chi connectivity index (χ3v) is 12.3. The van der Waals surface area contributed by atoms with Gasteiger partial charge in [-0.05, 0) is 112 Å². The molecule has 0 spiro atoms. The van der Waals surface area contributed by atoms with Crippen molar-refractivity contribution in [1.29, 1.82) is 0 Å². The van der Waals surface area contributed by atoms with Gasteiger partial charge in [-0.25, -0.2) is 0 Å². The molecule has 4 fully saturated rings. The number of aliphatic hydroxyl groups is 2. The van der Waals surface area contributed by atoms with E-state index in [0.717, 1.165) is 37.7 Å². The minimum Gasteiger partial charge on any atom is -0.392 e. The van der Waals surface area contributed by atoms with Crippen LogP contribution in [0, 0.1) is 45.3 Å². The Balaban J connectivity index is 1.59. The molecule has 188 valence electrons. The molecule has 8 atom stereocenters. The van der Waals surface area contributed by atoms with Crippen LogP contribution >= 0.6 is 0 Å². The number of hydrogen-bond acceptors (Lipinski definition) is 3. The first kappa shape index (κ1) is 25.4. The highest BCUT2D eigenvalue weighted by Gasteiger charge is 2.69. The van der Waals surface area contributed by atoms with E-state index in [1.165, 1.54) is 32.1 Å². The molecule has 4 rings (SSSR count). The first-order valence-corrected chi connectivity index (χ1v) is 13.8. The second-order valence-electron chi connectivity index (χ2n) is 14.1. The molecule has 4 aliphatic carbocycles. The molecule has 0 radical (unpaired) electrons. The average Bonchev–Trinajstić information content (AvgIpc) is 3.10. The number of rotatable bonds is 5. The molecule has 4 aliphatic rings. The van der Waals surface area contributed by atoms with Crippen LogP contribution in [0.5, 0.6) is 0 Å². The van der Waals surface area contributed by atoms with Crippen LogP contribution in [0.3, 0.4) is 0 Å². The van der Waals surface area contributed by atoms with Crippen LogP contribution < -0.4 is 0 Å². The Morgan fingerprint density at radius 3 is 2.33 bits per heavy atom. The molecule has 0 saturated heterocycles. The van der Waals surface area contributed by atoms with Crippen LogP contribution in [0.4, 0.5) is 0 Å². The van der Waals surface area contributed by atoms with Crippen molar-refractivity contribution in [1.82, 2.24) is 0 Å². The summed E-state index contributed by atoms with van der Waals surface area (Å²) in [7, 11) is 0. The zero-order valence-electron chi connectivity index (χ0n) is 22.5. The average molecular weight is 459 g/mol. The van der Waals surface area contributed by atoms with Crippen molar-refractivity contribution in [3.63, 3.8) is 0 Å². The van der Waals surface area contributed by atoms with E-state index in [-0.39, 0.29) is 28.3 Å². The molecule has 0 aromatic rings. The highest BCUT2D eigenvalue weighted by molar-refractivity contribution is 5.85. The zero-order valence-corrected chi connectivity index (χ0v) is 22.5. The summed E-state index contributed by atoms with van der Waals surface area (Å²) in [5.41, 5.74) is 0.962. The molecule has 0 bridgehead atoms. The maximum absolute atomic E-state index is 12.9. The van der Waals surface area contributed by atoms with Crippen LogP contribution in [-0.4, -0.2) is 28.2 Å². The Kier molecular flexibility index (Phi) is 6.31. The van der Waals surface area contributed by atoms with Crippen LogP contribution in [-0.2, 0) is 4.79 Å². The quantitative estimate of drug-likeness (QED) is 0.450. The monoisotopic (exact) mass is 458 g/mol. The molecule has 0 unspecified atom stereocenters. The van der Waals surface area contributed by atoms with Crippen molar-refractivity contribution in [2.45, 2.75) is 118 Å². The highest BCUT2D eigenvalue weighted by atomic mass is 16.3. The second kappa shape index (κ2) is 8.19. The Labute approximate surface area is 202 Å². The lowest BCUT2D eigenvalue weighted by molar-refractivity contribution is -0.207. The van der Waals surface area contributed by atoms with Crippen molar-refractivity contribution in [3.05, 3.63) is 11.6 Å². The largest absolute Gasteiger partial charge is 0.392 e. The fourth-order valence-corrected chi connectivity index (χ4v) is 10.1. The number of carbonyl (C=O) groups excluding carboxylic acids is 1. The van der Waals surface area contributed by atoms with E-state index in [4.69, 9.17) is 0 Å². The fourth-order valence-electron chi connectivity index (χ4n) is 10.1. The van der Waals surface area contributed by atoms with Gasteiger partial charge < -0.3 is 10.2 Å². The van der Waals surface area contributed by atoms with Crippen LogP contribution in [0.1, 0.15) is 113 Å². The maximum Gasteiger partial charge on any atom is 0.138 e. The Hall–Kier alpha value is -0.670. The molecule has 0 aromatic heterocycles. The summed E-state index contributed by atoms with van der Waals surface area (Å²) in [4.78, 5) is 12.9. The van der Waals surface area contributed by atoms with Gasteiger partial charge in [-0.15, -0.1) is 0 Å². The summed E-state index contributed by atoms with van der Waals surface area (Å²) < 4.78 is 0. The molecule has 0 aliphatic heterocycles. The smallest absolute Gasteiger partial charge is 0.138 e. The SMILES string of the molecule is C/C(=C\CC[C@](C)(O)[C@H]1CC[C@]2(C)[C@@H]1CC[C@@H]1[C@@]3(C)CCC(=O)C(C)(C)[C@@H]3CC[C@]12C)CO. The number of Topliss-reactive ketones (excluding diaryl/α,β-unsaturated/α-hetero) is 1. The van der Waals surface area contributed by atoms with Gasteiger partial charge in [0.2, 0.25) is 0 Å².